The van der Waals surface area contributed by atoms with Crippen molar-refractivity contribution in [3.05, 3.63) is 120 Å². The molecule has 240 valence electrons. The van der Waals surface area contributed by atoms with Crippen LogP contribution in [0.25, 0.3) is 0 Å². The number of hydrogen-bond acceptors (Lipinski definition) is 6. The summed E-state index contributed by atoms with van der Waals surface area (Å²) in [5.41, 5.74) is 10.5. The fourth-order valence-electron chi connectivity index (χ4n) is 5.58. The first-order valence-corrected chi connectivity index (χ1v) is 15.7. The quantitative estimate of drug-likeness (QED) is 0.153. The van der Waals surface area contributed by atoms with Gasteiger partial charge in [-0.05, 0) is 48.5 Å². The van der Waals surface area contributed by atoms with Gasteiger partial charge in [-0.2, -0.15) is 19.7 Å². The lowest BCUT2D eigenvalue weighted by molar-refractivity contribution is 1.06. The van der Waals surface area contributed by atoms with E-state index in [1.54, 1.807) is 0 Å². The number of rotatable bonds is 8. The Morgan fingerprint density at radius 3 is 0.979 bits per heavy atom. The lowest BCUT2D eigenvalue weighted by Gasteiger charge is -2.16. The van der Waals surface area contributed by atoms with Crippen molar-refractivity contribution in [1.29, 1.82) is 10.5 Å². The largest absolute Gasteiger partial charge is 0.378 e. The van der Waals surface area contributed by atoms with E-state index in [0.717, 1.165) is 56.9 Å². The first kappa shape index (κ1) is 33.2. The van der Waals surface area contributed by atoms with Gasteiger partial charge < -0.3 is 19.6 Å². The molecule has 8 nitrogen and oxygen atoms in total. The van der Waals surface area contributed by atoms with E-state index in [1.165, 1.54) is 0 Å². The standard InChI is InChI=1S/C40H42N8/c1-43(2)31-9-13-33(14-10-31)47(39-23-21-37(45(5)6)25-29(39)27-41)35-17-19-36(20-18-35)48(34-15-11-32(12-16-34)44(3)4)40-24-22-38(46(7)8)26-30(40)28-42/h9-26H,1-8H3/q+2. The van der Waals surface area contributed by atoms with Crippen LogP contribution >= 0.6 is 0 Å². The molecule has 0 fully saturated rings. The Labute approximate surface area is 284 Å². The van der Waals surface area contributed by atoms with Crippen molar-refractivity contribution >= 4 is 56.9 Å². The van der Waals surface area contributed by atoms with Gasteiger partial charge in [-0.1, -0.05) is 0 Å². The molecule has 0 saturated heterocycles. The third-order valence-electron chi connectivity index (χ3n) is 8.33. The van der Waals surface area contributed by atoms with E-state index in [1.807, 2.05) is 103 Å². The molecule has 1 aliphatic rings. The van der Waals surface area contributed by atoms with E-state index in [-0.39, 0.29) is 0 Å². The Morgan fingerprint density at radius 1 is 0.417 bits per heavy atom. The van der Waals surface area contributed by atoms with Gasteiger partial charge in [0.05, 0.1) is 0 Å². The maximum Gasteiger partial charge on any atom is 0.229 e. The molecule has 0 saturated carbocycles. The molecule has 1 aliphatic carbocycles. The van der Waals surface area contributed by atoms with Crippen LogP contribution in [0.3, 0.4) is 0 Å². The Kier molecular flexibility index (Phi) is 9.77. The number of benzene rings is 4. The van der Waals surface area contributed by atoms with Crippen molar-refractivity contribution < 1.29 is 0 Å². The molecule has 0 N–H and O–H groups in total. The minimum absolute atomic E-state index is 0.573. The summed E-state index contributed by atoms with van der Waals surface area (Å²) >= 11 is 0. The van der Waals surface area contributed by atoms with Gasteiger partial charge >= 0.3 is 0 Å². The summed E-state index contributed by atoms with van der Waals surface area (Å²) < 4.78 is 4.23. The van der Waals surface area contributed by atoms with Crippen molar-refractivity contribution in [3.63, 3.8) is 0 Å². The van der Waals surface area contributed by atoms with Gasteiger partial charge in [-0.15, -0.1) is 0 Å². The summed E-state index contributed by atoms with van der Waals surface area (Å²) in [5, 5.41) is 20.5. The monoisotopic (exact) mass is 634 g/mol. The Bertz CT molecular complexity index is 1860. The SMILES string of the molecule is CN(C)c1ccc([N+](=C2C=CC(=[N+](c3ccc(N(C)C)cc3)c3ccc(N(C)C)cc3C#N)C=C2)c2ccc(N(C)C)cc2C#N)cc1. The molecular weight excluding hydrogens is 592 g/mol. The summed E-state index contributed by atoms with van der Waals surface area (Å²) in [6, 6.07) is 33.4. The highest BCUT2D eigenvalue weighted by Crippen LogP contribution is 2.32. The highest BCUT2D eigenvalue weighted by molar-refractivity contribution is 6.21. The van der Waals surface area contributed by atoms with Crippen LogP contribution in [0.4, 0.5) is 45.5 Å². The summed E-state index contributed by atoms with van der Waals surface area (Å²) in [4.78, 5) is 8.12. The minimum atomic E-state index is 0.573. The van der Waals surface area contributed by atoms with Crippen molar-refractivity contribution in [3.8, 4) is 12.1 Å². The van der Waals surface area contributed by atoms with Crippen LogP contribution in [-0.2, 0) is 0 Å². The molecule has 0 unspecified atom stereocenters. The van der Waals surface area contributed by atoms with Crippen LogP contribution in [0.5, 0.6) is 0 Å². The molecule has 0 bridgehead atoms. The predicted octanol–water partition coefficient (Wildman–Crippen LogP) is 7.07. The number of nitriles is 2. The fourth-order valence-corrected chi connectivity index (χ4v) is 5.58. The molecule has 8 heteroatoms. The summed E-state index contributed by atoms with van der Waals surface area (Å²) in [7, 11) is 16.0. The van der Waals surface area contributed by atoms with Crippen molar-refractivity contribution in [2.75, 3.05) is 76.0 Å². The average molecular weight is 635 g/mol. The molecule has 48 heavy (non-hydrogen) atoms. The normalized spacial score (nSPS) is 11.9. The zero-order valence-electron chi connectivity index (χ0n) is 29.0. The molecule has 0 radical (unpaired) electrons. The second-order valence-corrected chi connectivity index (χ2v) is 12.4. The lowest BCUT2D eigenvalue weighted by Crippen LogP contribution is -2.21. The highest BCUT2D eigenvalue weighted by atomic mass is 15.1. The molecule has 0 aliphatic heterocycles. The number of hydrogen-bond donors (Lipinski definition) is 0. The summed E-state index contributed by atoms with van der Waals surface area (Å²) in [6.07, 6.45) is 8.27. The highest BCUT2D eigenvalue weighted by Gasteiger charge is 2.27. The number of allylic oxidation sites excluding steroid dienone is 4. The molecule has 0 heterocycles. The first-order valence-electron chi connectivity index (χ1n) is 15.7. The van der Waals surface area contributed by atoms with Gasteiger partial charge in [-0.25, -0.2) is 0 Å². The van der Waals surface area contributed by atoms with Crippen LogP contribution in [0.15, 0.2) is 109 Å². The Morgan fingerprint density at radius 2 is 0.708 bits per heavy atom. The zero-order chi connectivity index (χ0) is 34.5. The smallest absolute Gasteiger partial charge is 0.229 e. The molecule has 5 rings (SSSR count). The topological polar surface area (TPSA) is 66.6 Å². The van der Waals surface area contributed by atoms with Crippen LogP contribution in [0.1, 0.15) is 11.1 Å². The third-order valence-corrected chi connectivity index (χ3v) is 8.33. The van der Waals surface area contributed by atoms with Crippen molar-refractivity contribution in [2.45, 2.75) is 0 Å². The van der Waals surface area contributed by atoms with Gasteiger partial charge in [0.25, 0.3) is 0 Å². The van der Waals surface area contributed by atoms with Gasteiger partial charge in [-0.3, -0.25) is 0 Å². The van der Waals surface area contributed by atoms with Gasteiger partial charge in [0.15, 0.2) is 0 Å². The Balaban J connectivity index is 1.74. The molecule has 4 aromatic carbocycles. The second-order valence-electron chi connectivity index (χ2n) is 12.4. The minimum Gasteiger partial charge on any atom is -0.378 e. The van der Waals surface area contributed by atoms with Gasteiger partial charge in [0, 0.05) is 140 Å². The van der Waals surface area contributed by atoms with Crippen LogP contribution in [-0.4, -0.2) is 67.8 Å². The van der Waals surface area contributed by atoms with E-state index in [0.29, 0.717) is 11.1 Å². The second kappa shape index (κ2) is 14.1. The lowest BCUT2D eigenvalue weighted by atomic mass is 10.1. The predicted molar refractivity (Wildman–Crippen MR) is 204 cm³/mol. The first-order chi connectivity index (χ1) is 23.0. The van der Waals surface area contributed by atoms with E-state index in [4.69, 9.17) is 0 Å². The number of anilines is 4. The maximum absolute atomic E-state index is 10.3. The molecule has 4 aromatic rings. The molecule has 0 amide bonds. The third kappa shape index (κ3) is 6.84. The summed E-state index contributed by atoms with van der Waals surface area (Å²) in [6.45, 7) is 0. The average Bonchev–Trinajstić information content (AvgIpc) is 3.09. The van der Waals surface area contributed by atoms with E-state index >= 15 is 0 Å². The molecule has 0 atom stereocenters. The zero-order valence-corrected chi connectivity index (χ0v) is 29.0. The van der Waals surface area contributed by atoms with Crippen LogP contribution in [0.2, 0.25) is 0 Å². The maximum atomic E-state index is 10.3. The number of nitrogens with zero attached hydrogens (tertiary/aromatic N) is 8. The van der Waals surface area contributed by atoms with Crippen LogP contribution < -0.4 is 28.8 Å². The molecular formula is C40H42N8+2. The van der Waals surface area contributed by atoms with E-state index < -0.39 is 0 Å². The van der Waals surface area contributed by atoms with Crippen molar-refractivity contribution in [1.82, 2.24) is 9.15 Å². The molecule has 0 aromatic heterocycles. The van der Waals surface area contributed by atoms with E-state index in [9.17, 15) is 10.5 Å². The van der Waals surface area contributed by atoms with Gasteiger partial charge in [0.1, 0.15) is 23.3 Å². The van der Waals surface area contributed by atoms with Gasteiger partial charge in [0.2, 0.25) is 34.2 Å². The molecule has 0 spiro atoms. The Hall–Kier alpha value is -6.12. The van der Waals surface area contributed by atoms with Crippen molar-refractivity contribution in [2.24, 2.45) is 0 Å². The van der Waals surface area contributed by atoms with E-state index in [2.05, 4.69) is 104 Å². The fraction of sp³-hybridized carbons (Fsp3) is 0.200. The summed E-state index contributed by atoms with van der Waals surface area (Å²) in [5.74, 6) is 0. The van der Waals surface area contributed by atoms with Crippen LogP contribution in [0, 0.1) is 22.7 Å².